The molecule has 2 heterocycles. The van der Waals surface area contributed by atoms with Gasteiger partial charge in [-0.2, -0.15) is 18.3 Å². The smallest absolute Gasteiger partial charge is 0.335 e. The first kappa shape index (κ1) is 26.5. The lowest BCUT2D eigenvalue weighted by Crippen LogP contribution is -2.41. The fourth-order valence-electron chi connectivity index (χ4n) is 4.94. The second-order valence-corrected chi connectivity index (χ2v) is 10.1. The first-order chi connectivity index (χ1) is 18.6. The number of amides is 1. The Hall–Kier alpha value is -4.11. The number of alkyl halides is 3. The summed E-state index contributed by atoms with van der Waals surface area (Å²) in [6, 6.07) is 10.2. The van der Waals surface area contributed by atoms with Crippen molar-refractivity contribution < 1.29 is 18.0 Å². The van der Waals surface area contributed by atoms with Gasteiger partial charge in [-0.15, -0.1) is 0 Å². The SMILES string of the molecule is [C-]#[N+]c1ccc(-n2nccc2-c2c(C)n(-c3cccc(C(F)(F)F)c3)c(=O)n2C(=O)NC2CCCC2)c(Br)c1. The quantitative estimate of drug-likeness (QED) is 0.268. The molecule has 200 valence electrons. The highest BCUT2D eigenvalue weighted by Gasteiger charge is 2.32. The molecule has 0 atom stereocenters. The predicted molar refractivity (Wildman–Crippen MR) is 142 cm³/mol. The number of nitrogens with zero attached hydrogens (tertiary/aromatic N) is 5. The van der Waals surface area contributed by atoms with Gasteiger partial charge in [0, 0.05) is 10.5 Å². The summed E-state index contributed by atoms with van der Waals surface area (Å²) < 4.78 is 44.6. The normalized spacial score (nSPS) is 13.9. The van der Waals surface area contributed by atoms with E-state index in [9.17, 15) is 22.8 Å². The lowest BCUT2D eigenvalue weighted by Gasteiger charge is -2.15. The Bertz CT molecular complexity index is 1670. The first-order valence-electron chi connectivity index (χ1n) is 12.1. The third-order valence-corrected chi connectivity index (χ3v) is 7.41. The van der Waals surface area contributed by atoms with E-state index >= 15 is 0 Å². The highest BCUT2D eigenvalue weighted by Crippen LogP contribution is 2.33. The van der Waals surface area contributed by atoms with E-state index in [4.69, 9.17) is 6.57 Å². The largest absolute Gasteiger partial charge is 0.416 e. The Kier molecular flexibility index (Phi) is 6.94. The summed E-state index contributed by atoms with van der Waals surface area (Å²) in [6.07, 6.45) is 0.357. The summed E-state index contributed by atoms with van der Waals surface area (Å²) in [7, 11) is 0. The zero-order valence-electron chi connectivity index (χ0n) is 20.7. The number of hydrogen-bond donors (Lipinski definition) is 1. The van der Waals surface area contributed by atoms with Gasteiger partial charge in [-0.25, -0.2) is 23.7 Å². The molecule has 39 heavy (non-hydrogen) atoms. The summed E-state index contributed by atoms with van der Waals surface area (Å²) in [4.78, 5) is 30.8. The van der Waals surface area contributed by atoms with Gasteiger partial charge in [0.1, 0.15) is 5.69 Å². The van der Waals surface area contributed by atoms with Crippen molar-refractivity contribution in [1.82, 2.24) is 24.2 Å². The molecular formula is C27H22BrF3N6O2. The maximum atomic E-state index is 13.8. The molecule has 1 saturated carbocycles. The topological polar surface area (TPSA) is 78.2 Å². The highest BCUT2D eigenvalue weighted by molar-refractivity contribution is 9.10. The molecule has 1 aliphatic carbocycles. The third-order valence-electron chi connectivity index (χ3n) is 6.78. The van der Waals surface area contributed by atoms with Crippen LogP contribution in [0.25, 0.3) is 27.6 Å². The average Bonchev–Trinajstić information content (AvgIpc) is 3.63. The molecule has 8 nitrogen and oxygen atoms in total. The molecule has 1 N–H and O–H groups in total. The number of carbonyl (C=O) groups excluding carboxylic acids is 1. The average molecular weight is 599 g/mol. The minimum absolute atomic E-state index is 0.0188. The molecular weight excluding hydrogens is 577 g/mol. The number of nitrogens with one attached hydrogen (secondary N) is 1. The molecule has 0 saturated heterocycles. The lowest BCUT2D eigenvalue weighted by molar-refractivity contribution is -0.137. The molecule has 0 spiro atoms. The van der Waals surface area contributed by atoms with Gasteiger partial charge >= 0.3 is 17.9 Å². The van der Waals surface area contributed by atoms with Crippen LogP contribution in [-0.4, -0.2) is 31.0 Å². The number of halogens is 4. The van der Waals surface area contributed by atoms with Crippen LogP contribution in [0.1, 0.15) is 36.9 Å². The molecule has 12 heteroatoms. The van der Waals surface area contributed by atoms with Gasteiger partial charge in [0.25, 0.3) is 0 Å². The summed E-state index contributed by atoms with van der Waals surface area (Å²) in [5.74, 6) is 0. The Morgan fingerprint density at radius 2 is 1.90 bits per heavy atom. The van der Waals surface area contributed by atoms with Crippen molar-refractivity contribution in [2.75, 3.05) is 0 Å². The Balaban J connectivity index is 1.73. The molecule has 1 amide bonds. The van der Waals surface area contributed by atoms with E-state index in [-0.39, 0.29) is 23.1 Å². The Morgan fingerprint density at radius 3 is 2.56 bits per heavy atom. The van der Waals surface area contributed by atoms with E-state index in [0.29, 0.717) is 21.5 Å². The standard InChI is InChI=1S/C27H22BrF3N6O2/c1-16-24(23-12-13-33-37(23)22-11-10-19(32-2)15-21(22)28)36(25(38)34-18-7-3-4-8-18)26(39)35(16)20-9-5-6-17(14-20)27(29,30)31/h5-6,9-15,18H,3-4,7-8H2,1H3,(H,34,38). The van der Waals surface area contributed by atoms with Crippen LogP contribution in [0.5, 0.6) is 0 Å². The summed E-state index contributed by atoms with van der Waals surface area (Å²) in [6.45, 7) is 8.82. The molecule has 2 aromatic carbocycles. The number of hydrogen-bond acceptors (Lipinski definition) is 3. The lowest BCUT2D eigenvalue weighted by atomic mass is 10.2. The molecule has 1 fully saturated rings. The predicted octanol–water partition coefficient (Wildman–Crippen LogP) is 6.63. The fourth-order valence-corrected chi connectivity index (χ4v) is 5.48. The molecule has 0 unspecified atom stereocenters. The maximum absolute atomic E-state index is 13.8. The van der Waals surface area contributed by atoms with Gasteiger partial charge in [0.05, 0.1) is 41.1 Å². The number of aromatic nitrogens is 4. The van der Waals surface area contributed by atoms with Crippen molar-refractivity contribution in [1.29, 1.82) is 0 Å². The van der Waals surface area contributed by atoms with Crippen LogP contribution in [0.15, 0.2) is 64.0 Å². The monoisotopic (exact) mass is 598 g/mol. The Morgan fingerprint density at radius 1 is 1.15 bits per heavy atom. The molecule has 0 radical (unpaired) electrons. The van der Waals surface area contributed by atoms with Crippen molar-refractivity contribution >= 4 is 27.6 Å². The van der Waals surface area contributed by atoms with E-state index in [1.54, 1.807) is 31.2 Å². The second kappa shape index (κ2) is 10.2. The third kappa shape index (κ3) is 4.90. The van der Waals surface area contributed by atoms with E-state index in [1.165, 1.54) is 23.0 Å². The first-order valence-corrected chi connectivity index (χ1v) is 12.9. The van der Waals surface area contributed by atoms with E-state index in [2.05, 4.69) is 31.2 Å². The minimum Gasteiger partial charge on any atom is -0.335 e. The number of benzene rings is 2. The Labute approximate surface area is 229 Å². The van der Waals surface area contributed by atoms with Crippen LogP contribution in [0, 0.1) is 13.5 Å². The van der Waals surface area contributed by atoms with Crippen molar-refractivity contribution in [2.45, 2.75) is 44.8 Å². The van der Waals surface area contributed by atoms with Crippen LogP contribution in [0.2, 0.25) is 0 Å². The van der Waals surface area contributed by atoms with Crippen molar-refractivity contribution in [3.8, 4) is 22.8 Å². The number of carbonyl (C=O) groups is 1. The van der Waals surface area contributed by atoms with E-state index < -0.39 is 23.5 Å². The van der Waals surface area contributed by atoms with Gasteiger partial charge in [0.15, 0.2) is 5.69 Å². The molecule has 5 rings (SSSR count). The number of imidazole rings is 1. The molecule has 4 aromatic rings. The zero-order chi connectivity index (χ0) is 27.9. The molecule has 1 aliphatic rings. The van der Waals surface area contributed by atoms with Gasteiger partial charge in [-0.3, -0.25) is 4.57 Å². The van der Waals surface area contributed by atoms with E-state index in [0.717, 1.165) is 47.0 Å². The van der Waals surface area contributed by atoms with Gasteiger partial charge in [-0.1, -0.05) is 25.0 Å². The van der Waals surface area contributed by atoms with Gasteiger partial charge in [-0.05, 0) is 72.1 Å². The zero-order valence-corrected chi connectivity index (χ0v) is 22.3. The van der Waals surface area contributed by atoms with Crippen molar-refractivity contribution in [3.05, 3.63) is 92.4 Å². The maximum Gasteiger partial charge on any atom is 0.416 e. The van der Waals surface area contributed by atoms with Crippen LogP contribution < -0.4 is 11.0 Å². The second-order valence-electron chi connectivity index (χ2n) is 9.24. The van der Waals surface area contributed by atoms with Gasteiger partial charge < -0.3 is 5.32 Å². The highest BCUT2D eigenvalue weighted by atomic mass is 79.9. The van der Waals surface area contributed by atoms with Crippen molar-refractivity contribution in [2.24, 2.45) is 0 Å². The fraction of sp³-hybridized carbons (Fsp3) is 0.259. The van der Waals surface area contributed by atoms with Crippen LogP contribution in [0.3, 0.4) is 0 Å². The number of rotatable bonds is 4. The molecule has 0 bridgehead atoms. The molecule has 0 aliphatic heterocycles. The summed E-state index contributed by atoms with van der Waals surface area (Å²) in [5, 5.41) is 7.30. The van der Waals surface area contributed by atoms with Crippen LogP contribution in [0.4, 0.5) is 23.7 Å². The van der Waals surface area contributed by atoms with Crippen LogP contribution in [-0.2, 0) is 6.18 Å². The summed E-state index contributed by atoms with van der Waals surface area (Å²) >= 11 is 3.46. The van der Waals surface area contributed by atoms with Crippen LogP contribution >= 0.6 is 15.9 Å². The molecule has 2 aromatic heterocycles. The van der Waals surface area contributed by atoms with Gasteiger partial charge in [0.2, 0.25) is 0 Å². The summed E-state index contributed by atoms with van der Waals surface area (Å²) in [5.41, 5.74) is 0.0335. The minimum atomic E-state index is -4.61. The van der Waals surface area contributed by atoms with Crippen molar-refractivity contribution in [3.63, 3.8) is 0 Å². The van der Waals surface area contributed by atoms with E-state index in [1.807, 2.05) is 0 Å².